The Hall–Kier alpha value is -3.93. The number of anilines is 1. The van der Waals surface area contributed by atoms with Gasteiger partial charge in [-0.2, -0.15) is 0 Å². The predicted octanol–water partition coefficient (Wildman–Crippen LogP) is 3.75. The van der Waals surface area contributed by atoms with Crippen LogP contribution in [-0.4, -0.2) is 24.8 Å². The Balaban J connectivity index is 1.52. The van der Waals surface area contributed by atoms with E-state index in [-0.39, 0.29) is 11.8 Å². The van der Waals surface area contributed by atoms with Crippen LogP contribution < -0.4 is 15.5 Å². The van der Waals surface area contributed by atoms with E-state index in [4.69, 9.17) is 0 Å². The Kier molecular flexibility index (Phi) is 6.27. The van der Waals surface area contributed by atoms with Gasteiger partial charge in [0.2, 0.25) is 11.8 Å². The second kappa shape index (κ2) is 9.28. The van der Waals surface area contributed by atoms with Crippen molar-refractivity contribution in [3.63, 3.8) is 0 Å². The van der Waals surface area contributed by atoms with Crippen molar-refractivity contribution in [2.24, 2.45) is 5.92 Å². The Bertz CT molecular complexity index is 1200. The van der Waals surface area contributed by atoms with Gasteiger partial charge in [0.1, 0.15) is 12.0 Å². The number of hydrogen-bond acceptors (Lipinski definition) is 3. The van der Waals surface area contributed by atoms with Crippen molar-refractivity contribution in [1.29, 1.82) is 0 Å². The molecule has 6 nitrogen and oxygen atoms in total. The van der Waals surface area contributed by atoms with Crippen molar-refractivity contribution in [3.05, 3.63) is 89.5 Å². The largest absolute Gasteiger partial charge is 0.351 e. The Morgan fingerprint density at radius 1 is 0.909 bits per heavy atom. The fourth-order valence-corrected chi connectivity index (χ4v) is 4.01. The summed E-state index contributed by atoms with van der Waals surface area (Å²) in [5.41, 5.74) is 5.37. The lowest BCUT2D eigenvalue weighted by Gasteiger charge is -2.24. The van der Waals surface area contributed by atoms with Crippen LogP contribution in [0.4, 0.5) is 5.69 Å². The van der Waals surface area contributed by atoms with Crippen molar-refractivity contribution in [2.75, 3.05) is 11.9 Å². The standard InChI is InChI=1S/C27H27N3O3/c1-17-12-14-19(15-13-17)16-28-25(31)18(2)26(32)29-24-22-10-5-4-8-20(22)21-9-6-7-11-23(21)30(3)27(24)33/h4-15,18,24H,16H2,1-3H3,(H,28,31)(H,29,32)/t18-,24-/m1/s1. The number of amides is 3. The summed E-state index contributed by atoms with van der Waals surface area (Å²) in [4.78, 5) is 40.6. The Labute approximate surface area is 193 Å². The molecule has 1 aliphatic heterocycles. The van der Waals surface area contributed by atoms with E-state index >= 15 is 0 Å². The summed E-state index contributed by atoms with van der Waals surface area (Å²) in [6.45, 7) is 3.88. The molecule has 0 fully saturated rings. The number of carbonyl (C=O) groups excluding carboxylic acids is 3. The number of nitrogens with zero attached hydrogens (tertiary/aromatic N) is 1. The highest BCUT2D eigenvalue weighted by Crippen LogP contribution is 2.39. The van der Waals surface area contributed by atoms with Gasteiger partial charge in [0.05, 0.1) is 5.69 Å². The molecule has 2 N–H and O–H groups in total. The monoisotopic (exact) mass is 441 g/mol. The van der Waals surface area contributed by atoms with Crippen LogP contribution in [0.5, 0.6) is 0 Å². The lowest BCUT2D eigenvalue weighted by molar-refractivity contribution is -0.136. The van der Waals surface area contributed by atoms with E-state index in [0.717, 1.165) is 27.9 Å². The minimum Gasteiger partial charge on any atom is -0.351 e. The molecule has 0 saturated carbocycles. The van der Waals surface area contributed by atoms with Crippen molar-refractivity contribution in [2.45, 2.75) is 26.4 Å². The van der Waals surface area contributed by atoms with Crippen LogP contribution in [-0.2, 0) is 20.9 Å². The van der Waals surface area contributed by atoms with Gasteiger partial charge in [0, 0.05) is 19.2 Å². The van der Waals surface area contributed by atoms with E-state index in [2.05, 4.69) is 10.6 Å². The van der Waals surface area contributed by atoms with Crippen LogP contribution in [0.3, 0.4) is 0 Å². The molecule has 0 saturated heterocycles. The second-order valence-electron chi connectivity index (χ2n) is 8.37. The summed E-state index contributed by atoms with van der Waals surface area (Å²) in [6.07, 6.45) is 0. The Morgan fingerprint density at radius 2 is 1.55 bits per heavy atom. The number of para-hydroxylation sites is 1. The van der Waals surface area contributed by atoms with Crippen molar-refractivity contribution in [1.82, 2.24) is 10.6 Å². The number of nitrogens with one attached hydrogen (secondary N) is 2. The fraction of sp³-hybridized carbons (Fsp3) is 0.222. The van der Waals surface area contributed by atoms with Gasteiger partial charge in [0.15, 0.2) is 0 Å². The quantitative estimate of drug-likeness (QED) is 0.592. The minimum atomic E-state index is -0.952. The van der Waals surface area contributed by atoms with Gasteiger partial charge in [-0.05, 0) is 36.6 Å². The summed E-state index contributed by atoms with van der Waals surface area (Å²) >= 11 is 0. The molecule has 6 heteroatoms. The maximum absolute atomic E-state index is 13.3. The average Bonchev–Trinajstić information content (AvgIpc) is 2.93. The first-order valence-corrected chi connectivity index (χ1v) is 11.0. The van der Waals surface area contributed by atoms with Gasteiger partial charge in [0.25, 0.3) is 5.91 Å². The highest BCUT2D eigenvalue weighted by molar-refractivity contribution is 6.07. The molecule has 0 aromatic heterocycles. The van der Waals surface area contributed by atoms with Crippen LogP contribution in [0.15, 0.2) is 72.8 Å². The first-order valence-electron chi connectivity index (χ1n) is 11.0. The molecular formula is C27H27N3O3. The van der Waals surface area contributed by atoms with Crippen molar-refractivity contribution in [3.8, 4) is 11.1 Å². The maximum Gasteiger partial charge on any atom is 0.253 e. The van der Waals surface area contributed by atoms with Gasteiger partial charge in [-0.3, -0.25) is 14.4 Å². The maximum atomic E-state index is 13.3. The van der Waals surface area contributed by atoms with E-state index in [1.807, 2.05) is 79.7 Å². The van der Waals surface area contributed by atoms with E-state index in [0.29, 0.717) is 12.1 Å². The third-order valence-electron chi connectivity index (χ3n) is 6.07. The molecule has 0 unspecified atom stereocenters. The first kappa shape index (κ1) is 22.3. The summed E-state index contributed by atoms with van der Waals surface area (Å²) in [5.74, 6) is -2.10. The van der Waals surface area contributed by atoms with Crippen LogP contribution >= 0.6 is 0 Å². The number of fused-ring (bicyclic) bond motifs is 3. The smallest absolute Gasteiger partial charge is 0.253 e. The summed E-state index contributed by atoms with van der Waals surface area (Å²) < 4.78 is 0. The van der Waals surface area contributed by atoms with Crippen LogP contribution in [0.1, 0.15) is 29.7 Å². The highest BCUT2D eigenvalue weighted by atomic mass is 16.2. The zero-order chi connectivity index (χ0) is 23.5. The lowest BCUT2D eigenvalue weighted by Crippen LogP contribution is -2.45. The van der Waals surface area contributed by atoms with Crippen molar-refractivity contribution < 1.29 is 14.4 Å². The van der Waals surface area contributed by atoms with Crippen molar-refractivity contribution >= 4 is 23.4 Å². The number of likely N-dealkylation sites (N-methyl/N-ethyl adjacent to an activating group) is 1. The van der Waals surface area contributed by atoms with E-state index < -0.39 is 17.9 Å². The third kappa shape index (κ3) is 4.51. The minimum absolute atomic E-state index is 0.256. The Morgan fingerprint density at radius 3 is 2.27 bits per heavy atom. The molecule has 0 aliphatic carbocycles. The normalized spacial score (nSPS) is 15.7. The predicted molar refractivity (Wildman–Crippen MR) is 128 cm³/mol. The third-order valence-corrected chi connectivity index (χ3v) is 6.07. The summed E-state index contributed by atoms with van der Waals surface area (Å²) in [7, 11) is 1.70. The summed E-state index contributed by atoms with van der Waals surface area (Å²) in [5, 5.41) is 5.63. The molecule has 0 bridgehead atoms. The average molecular weight is 442 g/mol. The van der Waals surface area contributed by atoms with Crippen LogP contribution in [0, 0.1) is 12.8 Å². The number of rotatable bonds is 5. The molecular weight excluding hydrogens is 414 g/mol. The van der Waals surface area contributed by atoms with Gasteiger partial charge < -0.3 is 15.5 Å². The number of carbonyl (C=O) groups is 3. The van der Waals surface area contributed by atoms with E-state index in [1.165, 1.54) is 0 Å². The molecule has 1 heterocycles. The van der Waals surface area contributed by atoms with E-state index in [9.17, 15) is 14.4 Å². The van der Waals surface area contributed by atoms with Gasteiger partial charge >= 0.3 is 0 Å². The van der Waals surface area contributed by atoms with Gasteiger partial charge in [-0.1, -0.05) is 72.3 Å². The molecule has 0 spiro atoms. The van der Waals surface area contributed by atoms with Gasteiger partial charge in [-0.25, -0.2) is 0 Å². The second-order valence-corrected chi connectivity index (χ2v) is 8.37. The SMILES string of the molecule is Cc1ccc(CNC(=O)[C@@H](C)C(=O)N[C@H]2C(=O)N(C)c3ccccc3-c3ccccc32)cc1. The topological polar surface area (TPSA) is 78.5 Å². The molecule has 1 aliphatic rings. The molecule has 0 radical (unpaired) electrons. The fourth-order valence-electron chi connectivity index (χ4n) is 4.01. The highest BCUT2D eigenvalue weighted by Gasteiger charge is 2.34. The molecule has 3 aromatic carbocycles. The molecule has 168 valence electrons. The lowest BCUT2D eigenvalue weighted by atomic mass is 9.95. The molecule has 3 aromatic rings. The zero-order valence-corrected chi connectivity index (χ0v) is 19.0. The van der Waals surface area contributed by atoms with Crippen LogP contribution in [0.2, 0.25) is 0 Å². The molecule has 33 heavy (non-hydrogen) atoms. The van der Waals surface area contributed by atoms with E-state index in [1.54, 1.807) is 18.9 Å². The number of hydrogen-bond donors (Lipinski definition) is 2. The summed E-state index contributed by atoms with van der Waals surface area (Å²) in [6, 6.07) is 22.1. The molecule has 4 rings (SSSR count). The first-order chi connectivity index (χ1) is 15.9. The number of benzene rings is 3. The van der Waals surface area contributed by atoms with Crippen LogP contribution in [0.25, 0.3) is 11.1 Å². The number of aryl methyl sites for hydroxylation is 1. The zero-order valence-electron chi connectivity index (χ0n) is 19.0. The van der Waals surface area contributed by atoms with Gasteiger partial charge in [-0.15, -0.1) is 0 Å². The molecule has 2 atom stereocenters. The molecule has 3 amide bonds.